The number of aliphatic hydroxyl groups is 1. The van der Waals surface area contributed by atoms with E-state index in [2.05, 4.69) is 0 Å². The number of carbonyl (C=O) groups excluding carboxylic acids is 1. The first-order valence-corrected chi connectivity index (χ1v) is 4.94. The van der Waals surface area contributed by atoms with Gasteiger partial charge >= 0.3 is 5.97 Å². The summed E-state index contributed by atoms with van der Waals surface area (Å²) >= 11 is 0. The van der Waals surface area contributed by atoms with Crippen LogP contribution in [0.5, 0.6) is 0 Å². The molecule has 3 atom stereocenters. The zero-order chi connectivity index (χ0) is 11.6. The van der Waals surface area contributed by atoms with Gasteiger partial charge in [-0.1, -0.05) is 6.92 Å². The third-order valence-corrected chi connectivity index (χ3v) is 2.60. The van der Waals surface area contributed by atoms with Crippen LogP contribution in [-0.2, 0) is 9.59 Å². The molecule has 1 aliphatic heterocycles. The molecule has 15 heavy (non-hydrogen) atoms. The van der Waals surface area contributed by atoms with Crippen molar-refractivity contribution in [1.29, 1.82) is 0 Å². The first-order chi connectivity index (χ1) is 6.97. The zero-order valence-corrected chi connectivity index (χ0v) is 8.59. The number of carboxylic acids is 1. The molecule has 1 heterocycles. The van der Waals surface area contributed by atoms with Gasteiger partial charge in [-0.25, -0.2) is 4.79 Å². The Labute approximate surface area is 87.7 Å². The van der Waals surface area contributed by atoms with Gasteiger partial charge in [-0.05, 0) is 6.42 Å². The molecule has 0 radical (unpaired) electrons. The number of β-amino-alcohol motifs (C(OH)–C–C–N with tert-alkyl or cyclic N) is 1. The Morgan fingerprint density at radius 2 is 2.20 bits per heavy atom. The van der Waals surface area contributed by atoms with Crippen molar-refractivity contribution in [3.8, 4) is 0 Å². The Morgan fingerprint density at radius 1 is 1.60 bits per heavy atom. The summed E-state index contributed by atoms with van der Waals surface area (Å²) in [6, 6.07) is -1.62. The highest BCUT2D eigenvalue weighted by Crippen LogP contribution is 2.19. The first-order valence-electron chi connectivity index (χ1n) is 4.94. The maximum absolute atomic E-state index is 11.7. The Kier molecular flexibility index (Phi) is 3.65. The molecule has 4 N–H and O–H groups in total. The van der Waals surface area contributed by atoms with Crippen molar-refractivity contribution in [3.63, 3.8) is 0 Å². The molecule has 0 spiro atoms. The highest BCUT2D eigenvalue weighted by Gasteiger charge is 2.39. The van der Waals surface area contributed by atoms with Gasteiger partial charge in [-0.15, -0.1) is 0 Å². The standard InChI is InChI=1S/C9H16N2O4/c1-2-6(10)8(13)11-4-5(12)3-7(11)9(14)15/h5-7,12H,2-4,10H2,1H3,(H,14,15)/t5?,6-,7?/m0/s1. The molecular formula is C9H16N2O4. The molecule has 0 saturated carbocycles. The topological polar surface area (TPSA) is 104 Å². The predicted molar refractivity (Wildman–Crippen MR) is 52.0 cm³/mol. The minimum atomic E-state index is -1.09. The number of hydrogen-bond acceptors (Lipinski definition) is 4. The fourth-order valence-electron chi connectivity index (χ4n) is 1.68. The van der Waals surface area contributed by atoms with Gasteiger partial charge in [0, 0.05) is 13.0 Å². The lowest BCUT2D eigenvalue weighted by atomic mass is 10.1. The van der Waals surface area contributed by atoms with Crippen molar-refractivity contribution in [1.82, 2.24) is 4.90 Å². The van der Waals surface area contributed by atoms with Crippen LogP contribution in [0, 0.1) is 0 Å². The molecule has 1 aliphatic rings. The van der Waals surface area contributed by atoms with Crippen molar-refractivity contribution in [2.24, 2.45) is 5.73 Å². The molecule has 0 aromatic carbocycles. The van der Waals surface area contributed by atoms with Gasteiger partial charge in [-0.2, -0.15) is 0 Å². The molecule has 2 unspecified atom stereocenters. The van der Waals surface area contributed by atoms with Crippen LogP contribution in [0.2, 0.25) is 0 Å². The van der Waals surface area contributed by atoms with Gasteiger partial charge in [0.2, 0.25) is 5.91 Å². The summed E-state index contributed by atoms with van der Waals surface area (Å²) in [4.78, 5) is 23.6. The van der Waals surface area contributed by atoms with E-state index in [4.69, 9.17) is 10.8 Å². The minimum absolute atomic E-state index is 0.0590. The third-order valence-electron chi connectivity index (χ3n) is 2.60. The molecule has 86 valence electrons. The van der Waals surface area contributed by atoms with Gasteiger partial charge in [0.1, 0.15) is 6.04 Å². The molecule has 0 aromatic rings. The van der Waals surface area contributed by atoms with Crippen molar-refractivity contribution < 1.29 is 19.8 Å². The molecule has 1 fully saturated rings. The summed E-state index contributed by atoms with van der Waals surface area (Å²) in [7, 11) is 0. The van der Waals surface area contributed by atoms with E-state index in [9.17, 15) is 14.7 Å². The molecule has 6 heteroatoms. The van der Waals surface area contributed by atoms with Crippen LogP contribution in [0.3, 0.4) is 0 Å². The van der Waals surface area contributed by atoms with E-state index in [0.29, 0.717) is 6.42 Å². The van der Waals surface area contributed by atoms with Crippen LogP contribution in [0.15, 0.2) is 0 Å². The Bertz CT molecular complexity index is 269. The lowest BCUT2D eigenvalue weighted by Crippen LogP contribution is -2.48. The number of hydrogen-bond donors (Lipinski definition) is 3. The number of rotatable bonds is 3. The second-order valence-electron chi connectivity index (χ2n) is 3.75. The largest absolute Gasteiger partial charge is 0.480 e. The van der Waals surface area contributed by atoms with Crippen molar-refractivity contribution >= 4 is 11.9 Å². The third kappa shape index (κ3) is 2.45. The molecule has 1 rings (SSSR count). The van der Waals surface area contributed by atoms with E-state index in [-0.39, 0.29) is 13.0 Å². The second-order valence-corrected chi connectivity index (χ2v) is 3.75. The van der Waals surface area contributed by atoms with E-state index in [1.807, 2.05) is 0 Å². The average molecular weight is 216 g/mol. The van der Waals surface area contributed by atoms with E-state index in [1.165, 1.54) is 0 Å². The average Bonchev–Trinajstić information content (AvgIpc) is 2.58. The maximum atomic E-state index is 11.7. The Hall–Kier alpha value is -1.14. The van der Waals surface area contributed by atoms with Crippen LogP contribution in [0.1, 0.15) is 19.8 Å². The number of aliphatic carboxylic acids is 1. The smallest absolute Gasteiger partial charge is 0.326 e. The van der Waals surface area contributed by atoms with Crippen LogP contribution >= 0.6 is 0 Å². The number of nitrogens with two attached hydrogens (primary N) is 1. The number of likely N-dealkylation sites (tertiary alicyclic amines) is 1. The summed E-state index contributed by atoms with van der Waals surface area (Å²) in [6.07, 6.45) is -0.228. The normalized spacial score (nSPS) is 27.8. The molecule has 6 nitrogen and oxygen atoms in total. The van der Waals surface area contributed by atoms with Gasteiger partial charge in [0.25, 0.3) is 0 Å². The number of nitrogens with zero attached hydrogens (tertiary/aromatic N) is 1. The number of carboxylic acid groups (broad SMARTS) is 1. The maximum Gasteiger partial charge on any atom is 0.326 e. The van der Waals surface area contributed by atoms with Crippen molar-refractivity contribution in [3.05, 3.63) is 0 Å². The lowest BCUT2D eigenvalue weighted by Gasteiger charge is -2.23. The van der Waals surface area contributed by atoms with Gasteiger partial charge in [0.05, 0.1) is 12.1 Å². The van der Waals surface area contributed by atoms with E-state index >= 15 is 0 Å². The molecular weight excluding hydrogens is 200 g/mol. The first kappa shape index (κ1) is 11.9. The van der Waals surface area contributed by atoms with E-state index in [0.717, 1.165) is 4.90 Å². The van der Waals surface area contributed by atoms with Crippen molar-refractivity contribution in [2.75, 3.05) is 6.54 Å². The monoisotopic (exact) mass is 216 g/mol. The Morgan fingerprint density at radius 3 is 2.67 bits per heavy atom. The molecule has 0 aliphatic carbocycles. The van der Waals surface area contributed by atoms with Crippen molar-refractivity contribution in [2.45, 2.75) is 38.0 Å². The highest BCUT2D eigenvalue weighted by atomic mass is 16.4. The molecule has 0 aromatic heterocycles. The summed E-state index contributed by atoms with van der Waals surface area (Å²) in [5, 5.41) is 18.2. The van der Waals surface area contributed by atoms with Gasteiger partial charge in [-0.3, -0.25) is 4.79 Å². The van der Waals surface area contributed by atoms with Gasteiger partial charge < -0.3 is 20.8 Å². The number of amides is 1. The Balaban J connectivity index is 2.75. The predicted octanol–water partition coefficient (Wildman–Crippen LogP) is -1.23. The highest BCUT2D eigenvalue weighted by molar-refractivity contribution is 5.87. The lowest BCUT2D eigenvalue weighted by molar-refractivity contribution is -0.148. The summed E-state index contributed by atoms with van der Waals surface area (Å²) in [6.45, 7) is 1.81. The van der Waals surface area contributed by atoms with E-state index in [1.54, 1.807) is 6.92 Å². The number of aliphatic hydroxyl groups excluding tert-OH is 1. The molecule has 0 bridgehead atoms. The van der Waals surface area contributed by atoms with Crippen LogP contribution in [0.4, 0.5) is 0 Å². The fraction of sp³-hybridized carbons (Fsp3) is 0.778. The summed E-state index contributed by atoms with van der Waals surface area (Å²) < 4.78 is 0. The quantitative estimate of drug-likeness (QED) is 0.548. The van der Waals surface area contributed by atoms with Crippen LogP contribution < -0.4 is 5.73 Å². The minimum Gasteiger partial charge on any atom is -0.480 e. The fourth-order valence-corrected chi connectivity index (χ4v) is 1.68. The molecule has 1 saturated heterocycles. The second kappa shape index (κ2) is 4.59. The van der Waals surface area contributed by atoms with Crippen LogP contribution in [0.25, 0.3) is 0 Å². The van der Waals surface area contributed by atoms with Gasteiger partial charge in [0.15, 0.2) is 0 Å². The molecule has 1 amide bonds. The zero-order valence-electron chi connectivity index (χ0n) is 8.59. The van der Waals surface area contributed by atoms with E-state index < -0.39 is 30.1 Å². The summed E-state index contributed by atoms with van der Waals surface area (Å²) in [5.41, 5.74) is 5.54. The number of carbonyl (C=O) groups is 2. The summed E-state index contributed by atoms with van der Waals surface area (Å²) in [5.74, 6) is -1.50. The SMILES string of the molecule is CC[C@H](N)C(=O)N1CC(O)CC1C(=O)O. The van der Waals surface area contributed by atoms with Crippen LogP contribution in [-0.4, -0.2) is 51.7 Å².